The predicted molar refractivity (Wildman–Crippen MR) is 102 cm³/mol. The van der Waals surface area contributed by atoms with Crippen molar-refractivity contribution in [2.24, 2.45) is 0 Å². The van der Waals surface area contributed by atoms with Crippen LogP contribution in [0.15, 0.2) is 23.0 Å². The number of nitrogens with zero attached hydrogens (tertiary/aromatic N) is 3. The number of hydrogen-bond donors (Lipinski definition) is 4. The Hall–Kier alpha value is -3.20. The molecule has 9 heteroatoms. The van der Waals surface area contributed by atoms with Gasteiger partial charge in [-0.15, -0.1) is 0 Å². The molecular formula is C18H22N6O3. The van der Waals surface area contributed by atoms with E-state index >= 15 is 0 Å². The Labute approximate surface area is 155 Å². The maximum Gasteiger partial charge on any atom is 0.262 e. The molecule has 9 nitrogen and oxygen atoms in total. The zero-order valence-corrected chi connectivity index (χ0v) is 15.5. The summed E-state index contributed by atoms with van der Waals surface area (Å²) >= 11 is 0. The molecule has 0 fully saturated rings. The number of aromatic amines is 1. The number of nitrogens with one attached hydrogen (secondary N) is 3. The molecule has 0 unspecified atom stereocenters. The van der Waals surface area contributed by atoms with Crippen LogP contribution in [0.4, 0.5) is 0 Å². The van der Waals surface area contributed by atoms with Gasteiger partial charge >= 0.3 is 0 Å². The summed E-state index contributed by atoms with van der Waals surface area (Å²) in [5.74, 6) is 0.685. The first-order valence-corrected chi connectivity index (χ1v) is 8.73. The fourth-order valence-electron chi connectivity index (χ4n) is 2.87. The molecule has 1 aromatic carbocycles. The molecule has 0 saturated carbocycles. The topological polar surface area (TPSA) is 129 Å². The van der Waals surface area contributed by atoms with E-state index in [9.17, 15) is 4.79 Å². The van der Waals surface area contributed by atoms with Gasteiger partial charge in [0, 0.05) is 12.1 Å². The zero-order chi connectivity index (χ0) is 19.6. The average Bonchev–Trinajstić information content (AvgIpc) is 3.01. The van der Waals surface area contributed by atoms with Crippen molar-refractivity contribution in [3.05, 3.63) is 39.8 Å². The van der Waals surface area contributed by atoms with Gasteiger partial charge in [0.15, 0.2) is 5.65 Å². The predicted octanol–water partition coefficient (Wildman–Crippen LogP) is 2.21. The molecule has 0 amide bonds. The lowest BCUT2D eigenvalue weighted by Gasteiger charge is -2.13. The van der Waals surface area contributed by atoms with Crippen LogP contribution in [0.1, 0.15) is 31.5 Å². The third-order valence-corrected chi connectivity index (χ3v) is 4.17. The summed E-state index contributed by atoms with van der Waals surface area (Å²) < 4.78 is 7.46. The molecule has 0 aliphatic rings. The number of amidine groups is 1. The van der Waals surface area contributed by atoms with E-state index in [1.165, 1.54) is 0 Å². The molecule has 0 aliphatic heterocycles. The Morgan fingerprint density at radius 1 is 1.41 bits per heavy atom. The number of hydroxylamine groups is 1. The summed E-state index contributed by atoms with van der Waals surface area (Å²) in [6.45, 7) is 6.78. The average molecular weight is 370 g/mol. The van der Waals surface area contributed by atoms with Crippen LogP contribution >= 0.6 is 0 Å². The van der Waals surface area contributed by atoms with Gasteiger partial charge in [0.05, 0.1) is 17.9 Å². The van der Waals surface area contributed by atoms with Gasteiger partial charge in [-0.2, -0.15) is 5.10 Å². The number of aryl methyl sites for hydroxylation is 2. The van der Waals surface area contributed by atoms with Crippen molar-refractivity contribution < 1.29 is 9.94 Å². The molecule has 0 bridgehead atoms. The molecule has 142 valence electrons. The molecule has 2 heterocycles. The largest absolute Gasteiger partial charge is 0.493 e. The van der Waals surface area contributed by atoms with Crippen molar-refractivity contribution in [2.45, 2.75) is 33.7 Å². The number of H-pyrrole nitrogens is 1. The Morgan fingerprint density at radius 2 is 2.19 bits per heavy atom. The van der Waals surface area contributed by atoms with E-state index in [1.54, 1.807) is 29.8 Å². The van der Waals surface area contributed by atoms with E-state index in [-0.39, 0.29) is 11.4 Å². The van der Waals surface area contributed by atoms with Gasteiger partial charge in [-0.05, 0) is 38.5 Å². The smallest absolute Gasteiger partial charge is 0.262 e. The highest BCUT2D eigenvalue weighted by molar-refractivity contribution is 5.97. The van der Waals surface area contributed by atoms with Crippen LogP contribution in [0.2, 0.25) is 0 Å². The number of aromatic nitrogens is 4. The van der Waals surface area contributed by atoms with Crippen LogP contribution in [0.5, 0.6) is 5.75 Å². The maximum absolute atomic E-state index is 12.6. The van der Waals surface area contributed by atoms with Crippen molar-refractivity contribution >= 4 is 16.9 Å². The SMILES string of the molecule is CCCOc1ccc(C(=N)NO)cc1-c1nc2c(c(C)nn2CC)c(=O)[nH]1. The van der Waals surface area contributed by atoms with Gasteiger partial charge < -0.3 is 9.72 Å². The van der Waals surface area contributed by atoms with Crippen molar-refractivity contribution in [1.82, 2.24) is 25.2 Å². The van der Waals surface area contributed by atoms with Gasteiger partial charge in [-0.3, -0.25) is 20.9 Å². The molecule has 2 aromatic heterocycles. The van der Waals surface area contributed by atoms with Crippen molar-refractivity contribution in [1.29, 1.82) is 5.41 Å². The van der Waals surface area contributed by atoms with Crippen LogP contribution in [0, 0.1) is 12.3 Å². The molecular weight excluding hydrogens is 348 g/mol. The molecule has 3 aromatic rings. The Balaban J connectivity index is 2.24. The minimum atomic E-state index is -0.283. The van der Waals surface area contributed by atoms with E-state index < -0.39 is 0 Å². The summed E-state index contributed by atoms with van der Waals surface area (Å²) in [4.78, 5) is 20.0. The molecule has 0 saturated heterocycles. The second-order valence-corrected chi connectivity index (χ2v) is 6.06. The summed E-state index contributed by atoms with van der Waals surface area (Å²) in [6.07, 6.45) is 0.819. The van der Waals surface area contributed by atoms with Gasteiger partial charge in [0.25, 0.3) is 5.56 Å². The molecule has 0 spiro atoms. The number of benzene rings is 1. The molecule has 4 N–H and O–H groups in total. The lowest BCUT2D eigenvalue weighted by Crippen LogP contribution is -2.19. The lowest BCUT2D eigenvalue weighted by atomic mass is 10.1. The standard InChI is InChI=1S/C18H22N6O3/c1-4-8-27-13-7-6-11(15(19)23-26)9-12(13)16-20-17-14(18(25)21-16)10(3)22-24(17)5-2/h6-7,9,26H,4-5,8H2,1-3H3,(H2,19,23)(H,20,21,25). The quantitative estimate of drug-likeness (QED) is 0.299. The first-order valence-electron chi connectivity index (χ1n) is 8.73. The van der Waals surface area contributed by atoms with E-state index in [4.69, 9.17) is 15.4 Å². The highest BCUT2D eigenvalue weighted by Crippen LogP contribution is 2.29. The summed E-state index contributed by atoms with van der Waals surface area (Å²) in [5.41, 5.74) is 3.61. The van der Waals surface area contributed by atoms with Crippen LogP contribution in [-0.4, -0.2) is 37.4 Å². The van der Waals surface area contributed by atoms with Gasteiger partial charge in [-0.25, -0.2) is 9.67 Å². The molecule has 0 atom stereocenters. The second-order valence-electron chi connectivity index (χ2n) is 6.06. The highest BCUT2D eigenvalue weighted by Gasteiger charge is 2.17. The second kappa shape index (κ2) is 7.58. The molecule has 0 radical (unpaired) electrons. The fraction of sp³-hybridized carbons (Fsp3) is 0.333. The Morgan fingerprint density at radius 3 is 2.85 bits per heavy atom. The fourth-order valence-corrected chi connectivity index (χ4v) is 2.87. The third-order valence-electron chi connectivity index (χ3n) is 4.17. The van der Waals surface area contributed by atoms with E-state index in [0.29, 0.717) is 52.6 Å². The Bertz CT molecular complexity index is 1050. The minimum Gasteiger partial charge on any atom is -0.493 e. The zero-order valence-electron chi connectivity index (χ0n) is 15.5. The first-order chi connectivity index (χ1) is 13.0. The lowest BCUT2D eigenvalue weighted by molar-refractivity contribution is 0.234. The normalized spacial score (nSPS) is 11.0. The molecule has 3 rings (SSSR count). The summed E-state index contributed by atoms with van der Waals surface area (Å²) in [5, 5.41) is 21.6. The maximum atomic E-state index is 12.6. The van der Waals surface area contributed by atoms with Crippen LogP contribution in [0.25, 0.3) is 22.4 Å². The van der Waals surface area contributed by atoms with E-state index in [2.05, 4.69) is 15.1 Å². The minimum absolute atomic E-state index is 0.170. The van der Waals surface area contributed by atoms with Gasteiger partial charge in [0.2, 0.25) is 0 Å². The van der Waals surface area contributed by atoms with E-state index in [0.717, 1.165) is 6.42 Å². The summed E-state index contributed by atoms with van der Waals surface area (Å²) in [7, 11) is 0. The third kappa shape index (κ3) is 3.41. The number of hydrogen-bond acceptors (Lipinski definition) is 6. The van der Waals surface area contributed by atoms with Gasteiger partial charge in [-0.1, -0.05) is 6.92 Å². The first kappa shape index (κ1) is 18.6. The van der Waals surface area contributed by atoms with Crippen LogP contribution in [-0.2, 0) is 6.54 Å². The number of fused-ring (bicyclic) bond motifs is 1. The summed E-state index contributed by atoms with van der Waals surface area (Å²) in [6, 6.07) is 4.98. The van der Waals surface area contributed by atoms with Crippen molar-refractivity contribution in [3.8, 4) is 17.1 Å². The Kier molecular flexibility index (Phi) is 5.22. The monoisotopic (exact) mass is 370 g/mol. The number of rotatable bonds is 6. The van der Waals surface area contributed by atoms with Crippen LogP contribution in [0.3, 0.4) is 0 Å². The molecule has 27 heavy (non-hydrogen) atoms. The number of ether oxygens (including phenoxy) is 1. The van der Waals surface area contributed by atoms with Crippen molar-refractivity contribution in [2.75, 3.05) is 6.61 Å². The van der Waals surface area contributed by atoms with Crippen molar-refractivity contribution in [3.63, 3.8) is 0 Å². The van der Waals surface area contributed by atoms with Crippen LogP contribution < -0.4 is 15.8 Å². The van der Waals surface area contributed by atoms with Gasteiger partial charge in [0.1, 0.15) is 22.8 Å². The van der Waals surface area contributed by atoms with E-state index in [1.807, 2.05) is 19.3 Å². The molecule has 0 aliphatic carbocycles. The highest BCUT2D eigenvalue weighted by atomic mass is 16.5.